The summed E-state index contributed by atoms with van der Waals surface area (Å²) in [6, 6.07) is 17.1. The third kappa shape index (κ3) is 7.19. The van der Waals surface area contributed by atoms with Crippen molar-refractivity contribution in [1.82, 2.24) is 0 Å². The summed E-state index contributed by atoms with van der Waals surface area (Å²) in [5, 5.41) is 0. The number of unbranched alkanes of at least 4 members (excludes halogenated alkanes) is 2. The lowest BCUT2D eigenvalue weighted by Gasteiger charge is -2.26. The lowest BCUT2D eigenvalue weighted by molar-refractivity contribution is -0.0741. The summed E-state index contributed by atoms with van der Waals surface area (Å²) < 4.78 is 12.1. The van der Waals surface area contributed by atoms with Crippen LogP contribution in [0.25, 0.3) is 0 Å². The van der Waals surface area contributed by atoms with E-state index in [4.69, 9.17) is 9.47 Å². The molecule has 159 valence electrons. The van der Waals surface area contributed by atoms with Crippen molar-refractivity contribution in [2.24, 2.45) is 0 Å². The second kappa shape index (κ2) is 11.4. The molecular formula is C27H39O2. The molecular weight excluding hydrogens is 356 g/mol. The van der Waals surface area contributed by atoms with Crippen molar-refractivity contribution < 1.29 is 9.47 Å². The molecule has 0 spiro atoms. The standard InChI is InChI=1S/C27H39O2/c1-7-9-12-19-27(5,6)23-15-17-24(18-16-23)29-26(28-8-2)20-22-13-10-11-14-25(22)21(3)4/h10-11,13-18,26H,7-9,12,19-20H2,1-6H3. The zero-order valence-electron chi connectivity index (χ0n) is 19.3. The fourth-order valence-corrected chi connectivity index (χ4v) is 3.78. The molecule has 0 amide bonds. The largest absolute Gasteiger partial charge is 0.465 e. The Kier molecular flexibility index (Phi) is 9.23. The second-order valence-corrected chi connectivity index (χ2v) is 8.73. The topological polar surface area (TPSA) is 18.5 Å². The summed E-state index contributed by atoms with van der Waals surface area (Å²) in [5.41, 5.74) is 4.11. The van der Waals surface area contributed by atoms with Crippen LogP contribution in [0.1, 0.15) is 83.9 Å². The van der Waals surface area contributed by atoms with Gasteiger partial charge in [0.2, 0.25) is 6.29 Å². The number of hydrogen-bond acceptors (Lipinski definition) is 2. The molecule has 29 heavy (non-hydrogen) atoms. The number of hydrogen-bond donors (Lipinski definition) is 0. The molecule has 0 bridgehead atoms. The Hall–Kier alpha value is -1.80. The van der Waals surface area contributed by atoms with Crippen LogP contribution < -0.4 is 4.74 Å². The Labute approximate surface area is 178 Å². The maximum Gasteiger partial charge on any atom is 0.203 e. The lowest BCUT2D eigenvalue weighted by Crippen LogP contribution is -2.24. The zero-order chi connectivity index (χ0) is 21.3. The van der Waals surface area contributed by atoms with E-state index in [1.165, 1.54) is 48.3 Å². The van der Waals surface area contributed by atoms with Crippen LogP contribution in [-0.2, 0) is 16.6 Å². The molecule has 2 aromatic rings. The van der Waals surface area contributed by atoms with Crippen molar-refractivity contribution in [3.8, 4) is 5.75 Å². The Balaban J connectivity index is 2.07. The molecule has 2 rings (SSSR count). The van der Waals surface area contributed by atoms with Gasteiger partial charge in [0.25, 0.3) is 0 Å². The van der Waals surface area contributed by atoms with Crippen molar-refractivity contribution in [2.45, 2.75) is 85.4 Å². The van der Waals surface area contributed by atoms with E-state index in [1.54, 1.807) is 0 Å². The van der Waals surface area contributed by atoms with Gasteiger partial charge in [0.15, 0.2) is 0 Å². The normalized spacial score (nSPS) is 12.9. The highest BCUT2D eigenvalue weighted by Gasteiger charge is 2.20. The summed E-state index contributed by atoms with van der Waals surface area (Å²) >= 11 is 0. The Morgan fingerprint density at radius 2 is 1.62 bits per heavy atom. The molecule has 0 aliphatic heterocycles. The molecule has 0 saturated carbocycles. The van der Waals surface area contributed by atoms with E-state index < -0.39 is 0 Å². The van der Waals surface area contributed by atoms with Crippen LogP contribution in [-0.4, -0.2) is 12.9 Å². The minimum absolute atomic E-state index is 0.195. The van der Waals surface area contributed by atoms with E-state index in [0.29, 0.717) is 6.61 Å². The van der Waals surface area contributed by atoms with Gasteiger partial charge in [0, 0.05) is 13.0 Å². The van der Waals surface area contributed by atoms with E-state index in [9.17, 15) is 0 Å². The number of ether oxygens (including phenoxy) is 2. The highest BCUT2D eigenvalue weighted by molar-refractivity contribution is 5.37. The molecule has 0 aromatic heterocycles. The molecule has 1 unspecified atom stereocenters. The van der Waals surface area contributed by atoms with Crippen molar-refractivity contribution in [3.05, 3.63) is 71.1 Å². The van der Waals surface area contributed by atoms with E-state index >= 15 is 0 Å². The van der Waals surface area contributed by atoms with Crippen molar-refractivity contribution in [2.75, 3.05) is 6.61 Å². The van der Waals surface area contributed by atoms with Gasteiger partial charge in [0.05, 0.1) is 0 Å². The summed E-state index contributed by atoms with van der Waals surface area (Å²) in [7, 11) is 0. The number of benzene rings is 2. The fraction of sp³-hybridized carbons (Fsp3) is 0.519. The highest BCUT2D eigenvalue weighted by Crippen LogP contribution is 2.31. The molecule has 1 radical (unpaired) electrons. The summed E-state index contributed by atoms with van der Waals surface area (Å²) in [4.78, 5) is 0. The van der Waals surface area contributed by atoms with E-state index in [1.807, 2.05) is 6.92 Å². The van der Waals surface area contributed by atoms with Crippen molar-refractivity contribution in [3.63, 3.8) is 0 Å². The van der Waals surface area contributed by atoms with Crippen LogP contribution in [0.15, 0.2) is 48.5 Å². The predicted octanol–water partition coefficient (Wildman–Crippen LogP) is 7.49. The van der Waals surface area contributed by atoms with Crippen molar-refractivity contribution >= 4 is 0 Å². The third-order valence-electron chi connectivity index (χ3n) is 5.60. The average Bonchev–Trinajstić information content (AvgIpc) is 2.69. The summed E-state index contributed by atoms with van der Waals surface area (Å²) in [6.07, 6.45) is 5.51. The lowest BCUT2D eigenvalue weighted by atomic mass is 9.80. The van der Waals surface area contributed by atoms with Gasteiger partial charge < -0.3 is 9.47 Å². The molecule has 0 aliphatic carbocycles. The van der Waals surface area contributed by atoms with E-state index in [-0.39, 0.29) is 11.7 Å². The molecule has 0 heterocycles. The van der Waals surface area contributed by atoms with Crippen LogP contribution in [0, 0.1) is 5.92 Å². The Bertz CT molecular complexity index is 716. The maximum absolute atomic E-state index is 6.23. The van der Waals surface area contributed by atoms with E-state index in [0.717, 1.165) is 12.2 Å². The van der Waals surface area contributed by atoms with Gasteiger partial charge in [-0.2, -0.15) is 0 Å². The minimum atomic E-state index is -0.288. The fourth-order valence-electron chi connectivity index (χ4n) is 3.78. The second-order valence-electron chi connectivity index (χ2n) is 8.73. The molecule has 2 nitrogen and oxygen atoms in total. The van der Waals surface area contributed by atoms with Crippen LogP contribution in [0.2, 0.25) is 0 Å². The first-order chi connectivity index (χ1) is 13.9. The van der Waals surface area contributed by atoms with E-state index in [2.05, 4.69) is 83.1 Å². The van der Waals surface area contributed by atoms with Gasteiger partial charge in [-0.25, -0.2) is 0 Å². The highest BCUT2D eigenvalue weighted by atomic mass is 16.7. The predicted molar refractivity (Wildman–Crippen MR) is 123 cm³/mol. The van der Waals surface area contributed by atoms with Crippen molar-refractivity contribution in [1.29, 1.82) is 0 Å². The first-order valence-corrected chi connectivity index (χ1v) is 11.1. The first kappa shape index (κ1) is 23.5. The van der Waals surface area contributed by atoms with Gasteiger partial charge in [-0.1, -0.05) is 90.3 Å². The van der Waals surface area contributed by atoms with Gasteiger partial charge in [-0.15, -0.1) is 0 Å². The molecule has 2 heteroatoms. The Morgan fingerprint density at radius 3 is 2.24 bits per heavy atom. The maximum atomic E-state index is 6.23. The van der Waals surface area contributed by atoms with Crippen LogP contribution in [0.4, 0.5) is 0 Å². The van der Waals surface area contributed by atoms with Gasteiger partial charge in [-0.05, 0) is 53.5 Å². The molecule has 0 fully saturated rings. The van der Waals surface area contributed by atoms with Crippen LogP contribution >= 0.6 is 0 Å². The quantitative estimate of drug-likeness (QED) is 0.274. The summed E-state index contributed by atoms with van der Waals surface area (Å²) in [5.74, 6) is 2.18. The first-order valence-electron chi connectivity index (χ1n) is 11.1. The summed E-state index contributed by atoms with van der Waals surface area (Å²) in [6.45, 7) is 13.9. The Morgan fingerprint density at radius 1 is 0.931 bits per heavy atom. The zero-order valence-corrected chi connectivity index (χ0v) is 19.3. The molecule has 0 aliphatic rings. The van der Waals surface area contributed by atoms with Crippen LogP contribution in [0.5, 0.6) is 5.75 Å². The molecule has 2 aromatic carbocycles. The number of rotatable bonds is 12. The minimum Gasteiger partial charge on any atom is -0.465 e. The monoisotopic (exact) mass is 395 g/mol. The van der Waals surface area contributed by atoms with Gasteiger partial charge in [-0.3, -0.25) is 0 Å². The van der Waals surface area contributed by atoms with Crippen LogP contribution in [0.3, 0.4) is 0 Å². The van der Waals surface area contributed by atoms with Gasteiger partial charge in [0.1, 0.15) is 5.75 Å². The molecule has 1 atom stereocenters. The average molecular weight is 396 g/mol. The third-order valence-corrected chi connectivity index (χ3v) is 5.60. The molecule has 0 N–H and O–H groups in total. The molecule has 0 saturated heterocycles. The SMILES string of the molecule is CCCCCC(C)(C)c1ccc(OC(Cc2ccccc2[C](C)C)OCC)cc1. The smallest absolute Gasteiger partial charge is 0.203 e. The van der Waals surface area contributed by atoms with Gasteiger partial charge >= 0.3 is 0 Å².